The molecule has 8 heteroatoms. The van der Waals surface area contributed by atoms with E-state index in [1.54, 1.807) is 6.07 Å². The molecule has 172 valence electrons. The van der Waals surface area contributed by atoms with Crippen molar-refractivity contribution in [3.05, 3.63) is 64.0 Å². The van der Waals surface area contributed by atoms with Crippen molar-refractivity contribution in [3.63, 3.8) is 0 Å². The van der Waals surface area contributed by atoms with Crippen LogP contribution in [0, 0.1) is 17.1 Å². The molecule has 1 fully saturated rings. The number of benzene rings is 2. The Morgan fingerprint density at radius 2 is 2.00 bits per heavy atom. The topological polar surface area (TPSA) is 103 Å². The van der Waals surface area contributed by atoms with Crippen molar-refractivity contribution < 1.29 is 13.7 Å². The van der Waals surface area contributed by atoms with Gasteiger partial charge in [0, 0.05) is 13.0 Å². The zero-order valence-electron chi connectivity index (χ0n) is 19.0. The first-order valence-electron chi connectivity index (χ1n) is 10.7. The largest absolute Gasteiger partial charge is 0.371 e. The van der Waals surface area contributed by atoms with Crippen molar-refractivity contribution in [2.75, 3.05) is 14.1 Å². The summed E-state index contributed by atoms with van der Waals surface area (Å²) in [4.78, 5) is 1.68. The van der Waals surface area contributed by atoms with Crippen LogP contribution >= 0.6 is 0 Å². The van der Waals surface area contributed by atoms with Gasteiger partial charge in [-0.25, -0.2) is 13.7 Å². The van der Waals surface area contributed by atoms with Gasteiger partial charge < -0.3 is 10.0 Å². The molecule has 0 aromatic heterocycles. The number of halogens is 1. The molecular formula is C24H31FN4O2S. The molecule has 1 saturated carbocycles. The van der Waals surface area contributed by atoms with Crippen LogP contribution in [0.4, 0.5) is 4.39 Å². The first-order valence-corrected chi connectivity index (χ1v) is 12.3. The van der Waals surface area contributed by atoms with Gasteiger partial charge in [-0.2, -0.15) is 9.62 Å². The summed E-state index contributed by atoms with van der Waals surface area (Å²) in [6.07, 6.45) is 0.811. The van der Waals surface area contributed by atoms with Crippen LogP contribution in [0.3, 0.4) is 0 Å². The Morgan fingerprint density at radius 3 is 2.53 bits per heavy atom. The van der Waals surface area contributed by atoms with Crippen molar-refractivity contribution in [1.29, 1.82) is 5.26 Å². The van der Waals surface area contributed by atoms with Crippen LogP contribution in [0.1, 0.15) is 66.3 Å². The lowest BCUT2D eigenvalue weighted by atomic mass is 9.87. The molecule has 2 aromatic carbocycles. The second kappa shape index (κ2) is 9.67. The number of nitrogens with two attached hydrogens (primary N) is 1. The minimum atomic E-state index is -3.63. The van der Waals surface area contributed by atoms with Crippen LogP contribution < -0.4 is 5.14 Å². The summed E-state index contributed by atoms with van der Waals surface area (Å²) in [5.74, 6) is -0.216. The normalized spacial score (nSPS) is 16.6. The van der Waals surface area contributed by atoms with E-state index in [-0.39, 0.29) is 17.2 Å². The van der Waals surface area contributed by atoms with Crippen molar-refractivity contribution in [2.45, 2.75) is 62.6 Å². The first-order chi connectivity index (χ1) is 15.0. The minimum Gasteiger partial charge on any atom is -0.371 e. The number of nitriles is 1. The van der Waals surface area contributed by atoms with E-state index in [2.05, 4.69) is 10.4 Å². The molecule has 1 aliphatic carbocycles. The lowest BCUT2D eigenvalue weighted by Gasteiger charge is -2.20. The molecule has 0 radical (unpaired) electrons. The number of aliphatic hydroxyl groups excluding tert-OH is 1. The Kier molecular flexibility index (Phi) is 7.36. The van der Waals surface area contributed by atoms with Gasteiger partial charge in [-0.15, -0.1) is 0 Å². The maximum Gasteiger partial charge on any atom is 0.159 e. The van der Waals surface area contributed by atoms with Crippen molar-refractivity contribution >= 4 is 9.92 Å². The Labute approximate surface area is 190 Å². The molecule has 3 rings (SSSR count). The molecule has 2 aromatic rings. The van der Waals surface area contributed by atoms with Gasteiger partial charge in [-0.1, -0.05) is 19.9 Å². The average molecular weight is 459 g/mol. The van der Waals surface area contributed by atoms with Gasteiger partial charge in [0.2, 0.25) is 0 Å². The third-order valence-electron chi connectivity index (χ3n) is 5.56. The smallest absolute Gasteiger partial charge is 0.159 e. The summed E-state index contributed by atoms with van der Waals surface area (Å²) >= 11 is 0. The van der Waals surface area contributed by atoms with Gasteiger partial charge in [0.05, 0.1) is 16.5 Å². The maximum atomic E-state index is 14.7. The summed E-state index contributed by atoms with van der Waals surface area (Å²) < 4.78 is 31.6. The zero-order valence-corrected chi connectivity index (χ0v) is 19.8. The van der Waals surface area contributed by atoms with Gasteiger partial charge in [-0.05, 0) is 85.3 Å². The zero-order chi connectivity index (χ0) is 23.6. The molecule has 0 saturated heterocycles. The van der Waals surface area contributed by atoms with Crippen molar-refractivity contribution in [3.8, 4) is 6.07 Å². The molecule has 2 unspecified atom stereocenters. The van der Waals surface area contributed by atoms with Gasteiger partial charge in [0.25, 0.3) is 0 Å². The number of hydrogen-bond donors (Lipinski definition) is 2. The standard InChI is InChI=1S/C24H31FN4O2S/c1-15(2)19-9-17(13-26)10-20(18-6-7-18)21(19)12-24(30)28-32(27,31)23-8-5-16(11-22(23)25)14-29(3)4/h5,8-11,15,18,24,30H,6-7,12,14H2,1-4H3,(H2,27,28,31). The predicted octanol–water partition coefficient (Wildman–Crippen LogP) is 4.02. The molecule has 0 aliphatic heterocycles. The minimum absolute atomic E-state index is 0.111. The fraction of sp³-hybridized carbons (Fsp3) is 0.458. The van der Waals surface area contributed by atoms with E-state index in [4.69, 9.17) is 5.14 Å². The van der Waals surface area contributed by atoms with Gasteiger partial charge >= 0.3 is 0 Å². The number of aliphatic hydroxyl groups is 1. The van der Waals surface area contributed by atoms with E-state index in [9.17, 15) is 19.0 Å². The Balaban J connectivity index is 1.95. The first kappa shape index (κ1) is 24.3. The highest BCUT2D eigenvalue weighted by Crippen LogP contribution is 2.44. The summed E-state index contributed by atoms with van der Waals surface area (Å²) in [5, 5.41) is 26.0. The molecule has 2 atom stereocenters. The molecule has 6 nitrogen and oxygen atoms in total. The predicted molar refractivity (Wildman–Crippen MR) is 124 cm³/mol. The van der Waals surface area contributed by atoms with E-state index in [0.717, 1.165) is 35.1 Å². The Morgan fingerprint density at radius 1 is 1.31 bits per heavy atom. The molecule has 0 spiro atoms. The van der Waals surface area contributed by atoms with Crippen LogP contribution in [0.5, 0.6) is 0 Å². The van der Waals surface area contributed by atoms with Crippen LogP contribution in [-0.4, -0.2) is 34.5 Å². The van der Waals surface area contributed by atoms with E-state index >= 15 is 0 Å². The number of rotatable bonds is 8. The highest BCUT2D eigenvalue weighted by atomic mass is 32.2. The summed E-state index contributed by atoms with van der Waals surface area (Å²) in [7, 11) is 0.103. The van der Waals surface area contributed by atoms with E-state index < -0.39 is 22.0 Å². The van der Waals surface area contributed by atoms with Crippen LogP contribution in [0.25, 0.3) is 0 Å². The lowest BCUT2D eigenvalue weighted by molar-refractivity contribution is 0.186. The van der Waals surface area contributed by atoms with Gasteiger partial charge in [-0.3, -0.25) is 0 Å². The molecule has 0 amide bonds. The van der Waals surface area contributed by atoms with E-state index in [1.807, 2.05) is 45.0 Å². The fourth-order valence-corrected chi connectivity index (χ4v) is 5.14. The molecule has 32 heavy (non-hydrogen) atoms. The van der Waals surface area contributed by atoms with E-state index in [1.165, 1.54) is 12.1 Å². The summed E-state index contributed by atoms with van der Waals surface area (Å²) in [5.41, 5.74) is 4.22. The molecule has 1 aliphatic rings. The Hall–Kier alpha value is -2.31. The fourth-order valence-electron chi connectivity index (χ4n) is 3.99. The van der Waals surface area contributed by atoms with Crippen LogP contribution in [0.15, 0.2) is 39.6 Å². The molecule has 3 N–H and O–H groups in total. The second-order valence-corrected chi connectivity index (χ2v) is 10.8. The molecule has 0 bridgehead atoms. The van der Waals surface area contributed by atoms with Crippen molar-refractivity contribution in [2.24, 2.45) is 9.50 Å². The lowest BCUT2D eigenvalue weighted by Crippen LogP contribution is -2.21. The number of hydrogen-bond acceptors (Lipinski definition) is 5. The van der Waals surface area contributed by atoms with Gasteiger partial charge in [0.1, 0.15) is 15.7 Å². The van der Waals surface area contributed by atoms with Crippen molar-refractivity contribution in [1.82, 2.24) is 4.90 Å². The quantitative estimate of drug-likeness (QED) is 0.623. The second-order valence-electron chi connectivity index (χ2n) is 9.04. The maximum absolute atomic E-state index is 14.7. The SMILES string of the molecule is CC(C)c1cc(C#N)cc(C2CC2)c1CC(O)N=S(N)(=O)c1ccc(CN(C)C)cc1F. The highest BCUT2D eigenvalue weighted by Gasteiger charge is 2.29. The summed E-state index contributed by atoms with van der Waals surface area (Å²) in [6, 6.07) is 10.3. The highest BCUT2D eigenvalue weighted by molar-refractivity contribution is 7.91. The number of nitrogens with zero attached hydrogens (tertiary/aromatic N) is 3. The monoisotopic (exact) mass is 458 g/mol. The third-order valence-corrected chi connectivity index (χ3v) is 7.08. The summed E-state index contributed by atoms with van der Waals surface area (Å²) in [6.45, 7) is 4.58. The molecular weight excluding hydrogens is 427 g/mol. The van der Waals surface area contributed by atoms with Crippen LogP contribution in [-0.2, 0) is 22.9 Å². The van der Waals surface area contributed by atoms with Crippen LogP contribution in [0.2, 0.25) is 0 Å². The Bertz CT molecular complexity index is 1140. The molecule has 0 heterocycles. The third kappa shape index (κ3) is 5.73. The van der Waals surface area contributed by atoms with Gasteiger partial charge in [0.15, 0.2) is 6.23 Å². The van der Waals surface area contributed by atoms with E-state index in [0.29, 0.717) is 18.0 Å². The average Bonchev–Trinajstić information content (AvgIpc) is 3.51.